The number of rotatable bonds is 4. The highest BCUT2D eigenvalue weighted by Crippen LogP contribution is 2.24. The van der Waals surface area contributed by atoms with Crippen molar-refractivity contribution < 1.29 is 14.1 Å². The van der Waals surface area contributed by atoms with E-state index in [0.29, 0.717) is 17.0 Å². The van der Waals surface area contributed by atoms with Gasteiger partial charge in [0.15, 0.2) is 0 Å². The highest BCUT2D eigenvalue weighted by Gasteiger charge is 2.22. The summed E-state index contributed by atoms with van der Waals surface area (Å²) in [5, 5.41) is 3.96. The summed E-state index contributed by atoms with van der Waals surface area (Å²) in [4.78, 5) is 24.7. The van der Waals surface area contributed by atoms with Crippen LogP contribution in [0.5, 0.6) is 0 Å². The van der Waals surface area contributed by atoms with E-state index in [2.05, 4.69) is 16.0 Å². The van der Waals surface area contributed by atoms with Crippen LogP contribution < -0.4 is 10.9 Å². The molecule has 2 aromatic carbocycles. The van der Waals surface area contributed by atoms with E-state index in [1.807, 2.05) is 49.4 Å². The zero-order valence-corrected chi connectivity index (χ0v) is 14.6. The Morgan fingerprint density at radius 3 is 2.27 bits per heavy atom. The van der Waals surface area contributed by atoms with Crippen LogP contribution in [0.4, 0.5) is 0 Å². The Balaban J connectivity index is 1.72. The maximum absolute atomic E-state index is 12.5. The van der Waals surface area contributed by atoms with E-state index < -0.39 is 11.8 Å². The van der Waals surface area contributed by atoms with Crippen molar-refractivity contribution in [2.45, 2.75) is 20.3 Å². The lowest BCUT2D eigenvalue weighted by Crippen LogP contribution is -2.41. The summed E-state index contributed by atoms with van der Waals surface area (Å²) in [6.07, 6.45) is 0.896. The van der Waals surface area contributed by atoms with Crippen molar-refractivity contribution in [1.82, 2.24) is 16.0 Å². The first-order chi connectivity index (χ1) is 12.6. The third-order valence-corrected chi connectivity index (χ3v) is 4.05. The molecule has 3 aromatic rings. The summed E-state index contributed by atoms with van der Waals surface area (Å²) in [6, 6.07) is 16.5. The van der Waals surface area contributed by atoms with Gasteiger partial charge in [-0.25, -0.2) is 0 Å². The molecule has 0 bridgehead atoms. The lowest BCUT2D eigenvalue weighted by molar-refractivity contribution is 0.0846. The van der Waals surface area contributed by atoms with Crippen molar-refractivity contribution >= 4 is 11.8 Å². The third kappa shape index (κ3) is 3.64. The van der Waals surface area contributed by atoms with Crippen LogP contribution in [0, 0.1) is 6.92 Å². The predicted molar refractivity (Wildman–Crippen MR) is 97.4 cm³/mol. The van der Waals surface area contributed by atoms with Gasteiger partial charge in [-0.15, -0.1) is 0 Å². The van der Waals surface area contributed by atoms with Gasteiger partial charge in [0.1, 0.15) is 17.0 Å². The fraction of sp³-hybridized carbons (Fsp3) is 0.150. The maximum atomic E-state index is 12.5. The number of benzene rings is 2. The molecule has 0 atom stereocenters. The van der Waals surface area contributed by atoms with Crippen LogP contribution in [0.15, 0.2) is 59.1 Å². The van der Waals surface area contributed by atoms with Gasteiger partial charge in [-0.1, -0.05) is 54.5 Å². The average molecular weight is 349 g/mol. The summed E-state index contributed by atoms with van der Waals surface area (Å²) in [7, 11) is 0. The van der Waals surface area contributed by atoms with Gasteiger partial charge in [-0.3, -0.25) is 20.4 Å². The van der Waals surface area contributed by atoms with E-state index in [4.69, 9.17) is 4.52 Å². The van der Waals surface area contributed by atoms with Gasteiger partial charge < -0.3 is 4.52 Å². The lowest BCUT2D eigenvalue weighted by Gasteiger charge is -2.08. The van der Waals surface area contributed by atoms with Gasteiger partial charge in [-0.05, 0) is 31.0 Å². The Bertz CT molecular complexity index is 915. The predicted octanol–water partition coefficient (Wildman–Crippen LogP) is 3.29. The highest BCUT2D eigenvalue weighted by molar-refractivity contribution is 6.02. The second-order valence-corrected chi connectivity index (χ2v) is 5.79. The Hall–Kier alpha value is -3.41. The third-order valence-electron chi connectivity index (χ3n) is 4.05. The molecular formula is C20H19N3O3. The van der Waals surface area contributed by atoms with Crippen molar-refractivity contribution in [2.24, 2.45) is 0 Å². The topological polar surface area (TPSA) is 84.2 Å². The van der Waals surface area contributed by atoms with Gasteiger partial charge >= 0.3 is 0 Å². The van der Waals surface area contributed by atoms with Crippen LogP contribution in [0.25, 0.3) is 11.3 Å². The second-order valence-electron chi connectivity index (χ2n) is 5.79. The minimum absolute atomic E-state index is 0.290. The Kier molecular flexibility index (Phi) is 5.12. The normalized spacial score (nSPS) is 10.4. The monoisotopic (exact) mass is 349 g/mol. The number of carbonyl (C=O) groups is 2. The smallest absolute Gasteiger partial charge is 0.275 e. The first-order valence-corrected chi connectivity index (χ1v) is 8.31. The molecule has 0 fully saturated rings. The molecule has 0 unspecified atom stereocenters. The Morgan fingerprint density at radius 1 is 0.962 bits per heavy atom. The van der Waals surface area contributed by atoms with Gasteiger partial charge in [0, 0.05) is 11.1 Å². The van der Waals surface area contributed by atoms with E-state index in [1.54, 1.807) is 19.1 Å². The van der Waals surface area contributed by atoms with Gasteiger partial charge in [0.05, 0.1) is 0 Å². The van der Waals surface area contributed by atoms with Crippen LogP contribution in [0.3, 0.4) is 0 Å². The molecular weight excluding hydrogens is 330 g/mol. The van der Waals surface area contributed by atoms with Crippen LogP contribution >= 0.6 is 0 Å². The molecule has 2 N–H and O–H groups in total. The van der Waals surface area contributed by atoms with Crippen LogP contribution in [0.1, 0.15) is 39.0 Å². The molecule has 3 rings (SSSR count). The number of hydrogen-bond acceptors (Lipinski definition) is 4. The van der Waals surface area contributed by atoms with Gasteiger partial charge in [-0.2, -0.15) is 0 Å². The number of amides is 2. The largest absolute Gasteiger partial charge is 0.360 e. The summed E-state index contributed by atoms with van der Waals surface area (Å²) < 4.78 is 5.16. The molecule has 6 nitrogen and oxygen atoms in total. The Morgan fingerprint density at radius 2 is 1.62 bits per heavy atom. The van der Waals surface area contributed by atoms with Crippen molar-refractivity contribution in [1.29, 1.82) is 0 Å². The average Bonchev–Trinajstić information content (AvgIpc) is 3.08. The van der Waals surface area contributed by atoms with Crippen LogP contribution in [-0.2, 0) is 6.42 Å². The molecule has 1 aromatic heterocycles. The van der Waals surface area contributed by atoms with Crippen molar-refractivity contribution in [2.75, 3.05) is 0 Å². The molecule has 132 valence electrons. The van der Waals surface area contributed by atoms with Crippen molar-refractivity contribution in [3.63, 3.8) is 0 Å². The molecule has 0 aliphatic heterocycles. The van der Waals surface area contributed by atoms with Crippen LogP contribution in [0.2, 0.25) is 0 Å². The number of nitrogens with one attached hydrogen (secondary N) is 2. The molecule has 0 spiro atoms. The van der Waals surface area contributed by atoms with Crippen molar-refractivity contribution in [3.05, 3.63) is 77.0 Å². The standard InChI is InChI=1S/C20H19N3O3/c1-3-14-9-11-16(12-10-14)19(24)21-22-20(25)17-13(2)26-23-18(17)15-7-5-4-6-8-15/h4-12H,3H2,1-2H3,(H,21,24)(H,22,25). The summed E-state index contributed by atoms with van der Waals surface area (Å²) in [6.45, 7) is 3.69. The number of hydrazine groups is 1. The molecule has 1 heterocycles. The first-order valence-electron chi connectivity index (χ1n) is 8.31. The molecule has 6 heteroatoms. The number of aryl methyl sites for hydroxylation is 2. The van der Waals surface area contributed by atoms with Crippen LogP contribution in [-0.4, -0.2) is 17.0 Å². The van der Waals surface area contributed by atoms with E-state index in [1.165, 1.54) is 0 Å². The molecule has 2 amide bonds. The van der Waals surface area contributed by atoms with E-state index in [9.17, 15) is 9.59 Å². The molecule has 0 aliphatic rings. The number of nitrogens with zero attached hydrogens (tertiary/aromatic N) is 1. The number of hydrogen-bond donors (Lipinski definition) is 2. The highest BCUT2D eigenvalue weighted by atomic mass is 16.5. The quantitative estimate of drug-likeness (QED) is 0.708. The summed E-state index contributed by atoms with van der Waals surface area (Å²) in [5.74, 6) is -0.500. The first kappa shape index (κ1) is 17.4. The molecule has 26 heavy (non-hydrogen) atoms. The number of carbonyl (C=O) groups excluding carboxylic acids is 2. The molecule has 0 saturated carbocycles. The van der Waals surface area contributed by atoms with Crippen molar-refractivity contribution in [3.8, 4) is 11.3 Å². The number of aromatic nitrogens is 1. The van der Waals surface area contributed by atoms with Gasteiger partial charge in [0.2, 0.25) is 0 Å². The summed E-state index contributed by atoms with van der Waals surface area (Å²) >= 11 is 0. The minimum atomic E-state index is -0.485. The fourth-order valence-electron chi connectivity index (χ4n) is 2.57. The SMILES string of the molecule is CCc1ccc(C(=O)NNC(=O)c2c(-c3ccccc3)noc2C)cc1. The summed E-state index contributed by atoms with van der Waals surface area (Å²) in [5.41, 5.74) is 7.93. The lowest BCUT2D eigenvalue weighted by atomic mass is 10.1. The second kappa shape index (κ2) is 7.65. The fourth-order valence-corrected chi connectivity index (χ4v) is 2.57. The molecule has 0 radical (unpaired) electrons. The van der Waals surface area contributed by atoms with Gasteiger partial charge in [0.25, 0.3) is 11.8 Å². The van der Waals surface area contributed by atoms with E-state index >= 15 is 0 Å². The van der Waals surface area contributed by atoms with E-state index in [0.717, 1.165) is 17.5 Å². The van der Waals surface area contributed by atoms with E-state index in [-0.39, 0.29) is 5.56 Å². The minimum Gasteiger partial charge on any atom is -0.360 e. The molecule has 0 saturated heterocycles. The Labute approximate surface area is 151 Å². The zero-order chi connectivity index (χ0) is 18.5. The zero-order valence-electron chi connectivity index (χ0n) is 14.6. The maximum Gasteiger partial charge on any atom is 0.275 e. The molecule has 0 aliphatic carbocycles.